The third-order valence-electron chi connectivity index (χ3n) is 1.67. The molecule has 6 heteroatoms. The first kappa shape index (κ1) is 12.3. The molecule has 0 saturated carbocycles. The Labute approximate surface area is 97.6 Å². The van der Waals surface area contributed by atoms with Gasteiger partial charge in [-0.1, -0.05) is 32.4 Å². The van der Waals surface area contributed by atoms with Crippen LogP contribution in [0.15, 0.2) is 5.38 Å². The van der Waals surface area contributed by atoms with Gasteiger partial charge in [0.15, 0.2) is 11.2 Å². The molecule has 1 N–H and O–H groups in total. The zero-order valence-electron chi connectivity index (χ0n) is 8.83. The smallest absolute Gasteiger partial charge is 0.414 e. The molecule has 0 atom stereocenters. The normalized spacial score (nSPS) is 11.2. The molecular weight excluding hydrogens is 236 g/mol. The van der Waals surface area contributed by atoms with Crippen LogP contribution in [-0.4, -0.2) is 17.1 Å². The van der Waals surface area contributed by atoms with E-state index in [1.54, 1.807) is 0 Å². The second kappa shape index (κ2) is 4.81. The minimum atomic E-state index is -0.584. The molecule has 1 aromatic heterocycles. The molecule has 15 heavy (non-hydrogen) atoms. The van der Waals surface area contributed by atoms with Gasteiger partial charge >= 0.3 is 6.09 Å². The second-order valence-electron chi connectivity index (χ2n) is 3.95. The van der Waals surface area contributed by atoms with Crippen molar-refractivity contribution in [2.75, 3.05) is 11.4 Å². The number of nitrogens with one attached hydrogen (secondary N) is 1. The van der Waals surface area contributed by atoms with Crippen molar-refractivity contribution in [3.8, 4) is 0 Å². The number of thiazole rings is 1. The van der Waals surface area contributed by atoms with Crippen LogP contribution in [0.4, 0.5) is 9.93 Å². The van der Waals surface area contributed by atoms with Crippen LogP contribution in [0.2, 0.25) is 0 Å². The fourth-order valence-corrected chi connectivity index (χ4v) is 1.87. The molecular formula is C9H13ClN2O2S. The summed E-state index contributed by atoms with van der Waals surface area (Å²) in [4.78, 5) is 15.3. The van der Waals surface area contributed by atoms with E-state index >= 15 is 0 Å². The van der Waals surface area contributed by atoms with Crippen LogP contribution in [0.1, 0.15) is 26.5 Å². The molecule has 1 aromatic rings. The van der Waals surface area contributed by atoms with Crippen molar-refractivity contribution in [2.24, 2.45) is 0 Å². The molecule has 0 unspecified atom stereocenters. The van der Waals surface area contributed by atoms with Crippen LogP contribution in [0.5, 0.6) is 0 Å². The number of nitrogens with zero attached hydrogens (tertiary/aromatic N) is 1. The average molecular weight is 249 g/mol. The summed E-state index contributed by atoms with van der Waals surface area (Å²) in [5.41, 5.74) is 0.918. The second-order valence-corrected chi connectivity index (χ2v) is 5.03. The third kappa shape index (κ3) is 3.68. The van der Waals surface area contributed by atoms with Gasteiger partial charge < -0.3 is 4.74 Å². The average Bonchev–Trinajstić information content (AvgIpc) is 2.52. The fourth-order valence-electron chi connectivity index (χ4n) is 0.849. The van der Waals surface area contributed by atoms with Crippen LogP contribution >= 0.6 is 22.9 Å². The molecule has 0 bridgehead atoms. The Kier molecular flexibility index (Phi) is 3.93. The first-order valence-corrected chi connectivity index (χ1v) is 5.80. The number of hydrogen-bond donors (Lipinski definition) is 1. The largest absolute Gasteiger partial charge is 0.433 e. The maximum Gasteiger partial charge on any atom is 0.414 e. The Balaban J connectivity index is 2.65. The van der Waals surface area contributed by atoms with Gasteiger partial charge in [-0.25, -0.2) is 9.78 Å². The molecule has 0 aliphatic carbocycles. The van der Waals surface area contributed by atoms with Gasteiger partial charge in [0, 0.05) is 10.8 Å². The van der Waals surface area contributed by atoms with E-state index < -0.39 is 6.09 Å². The predicted octanol–water partition coefficient (Wildman–Crippen LogP) is 3.19. The molecule has 0 spiro atoms. The van der Waals surface area contributed by atoms with Crippen molar-refractivity contribution >= 4 is 34.2 Å². The van der Waals surface area contributed by atoms with E-state index in [1.165, 1.54) is 11.3 Å². The number of amides is 1. The molecule has 1 heterocycles. The zero-order chi connectivity index (χ0) is 11.5. The Morgan fingerprint density at radius 3 is 2.80 bits per heavy atom. The molecule has 0 fully saturated rings. The lowest BCUT2D eigenvalue weighted by atomic mass is 9.93. The fraction of sp³-hybridized carbons (Fsp3) is 0.556. The van der Waals surface area contributed by atoms with Gasteiger partial charge in [-0.05, 0) is 0 Å². The Morgan fingerprint density at radius 2 is 2.33 bits per heavy atom. The molecule has 0 aliphatic rings. The number of alkyl halides is 1. The van der Waals surface area contributed by atoms with Crippen molar-refractivity contribution < 1.29 is 9.53 Å². The summed E-state index contributed by atoms with van der Waals surface area (Å²) in [6.45, 7) is 6.18. The maximum absolute atomic E-state index is 11.0. The van der Waals surface area contributed by atoms with E-state index in [-0.39, 0.29) is 11.5 Å². The summed E-state index contributed by atoms with van der Waals surface area (Å²) >= 11 is 6.60. The van der Waals surface area contributed by atoms with Crippen LogP contribution < -0.4 is 5.32 Å². The Hall–Kier alpha value is -0.810. The molecule has 1 rings (SSSR count). The minimum absolute atomic E-state index is 0.0210. The number of hydrogen-bond acceptors (Lipinski definition) is 4. The van der Waals surface area contributed by atoms with E-state index in [0.717, 1.165) is 5.69 Å². The molecule has 0 aliphatic heterocycles. The van der Waals surface area contributed by atoms with Gasteiger partial charge in [-0.15, -0.1) is 11.3 Å². The summed E-state index contributed by atoms with van der Waals surface area (Å²) < 4.78 is 4.52. The highest BCUT2D eigenvalue weighted by Crippen LogP contribution is 2.26. The topological polar surface area (TPSA) is 51.2 Å². The van der Waals surface area contributed by atoms with Gasteiger partial charge in [0.05, 0.1) is 5.69 Å². The summed E-state index contributed by atoms with van der Waals surface area (Å²) in [5, 5.41) is 4.93. The lowest BCUT2D eigenvalue weighted by molar-refractivity contribution is 0.180. The van der Waals surface area contributed by atoms with Crippen molar-refractivity contribution in [1.29, 1.82) is 0 Å². The summed E-state index contributed by atoms with van der Waals surface area (Å²) in [6, 6.07) is -0.163. The summed E-state index contributed by atoms with van der Waals surface area (Å²) in [5.74, 6) is 0. The van der Waals surface area contributed by atoms with Crippen LogP contribution in [-0.2, 0) is 10.2 Å². The lowest BCUT2D eigenvalue weighted by Gasteiger charge is -2.14. The quantitative estimate of drug-likeness (QED) is 0.818. The van der Waals surface area contributed by atoms with Crippen molar-refractivity contribution in [2.45, 2.75) is 26.2 Å². The SMILES string of the molecule is CC(C)(C)c1csc(NC(=O)OCCl)n1. The summed E-state index contributed by atoms with van der Waals surface area (Å²) in [7, 11) is 0. The Morgan fingerprint density at radius 1 is 1.67 bits per heavy atom. The van der Waals surface area contributed by atoms with Crippen molar-refractivity contribution in [3.05, 3.63) is 11.1 Å². The molecule has 4 nitrogen and oxygen atoms in total. The first-order chi connectivity index (χ1) is 6.93. The molecule has 0 radical (unpaired) electrons. The number of carbonyl (C=O) groups excluding carboxylic acids is 1. The van der Waals surface area contributed by atoms with Gasteiger partial charge in [0.1, 0.15) is 0 Å². The van der Waals surface area contributed by atoms with E-state index in [2.05, 4.69) is 35.8 Å². The van der Waals surface area contributed by atoms with Crippen LogP contribution in [0, 0.1) is 0 Å². The molecule has 0 aromatic carbocycles. The van der Waals surface area contributed by atoms with Crippen molar-refractivity contribution in [3.63, 3.8) is 0 Å². The molecule has 1 amide bonds. The predicted molar refractivity (Wildman–Crippen MR) is 61.6 cm³/mol. The van der Waals surface area contributed by atoms with E-state index in [0.29, 0.717) is 5.13 Å². The van der Waals surface area contributed by atoms with E-state index in [9.17, 15) is 4.79 Å². The zero-order valence-corrected chi connectivity index (χ0v) is 10.4. The van der Waals surface area contributed by atoms with E-state index in [1.807, 2.05) is 5.38 Å². The first-order valence-electron chi connectivity index (χ1n) is 4.39. The number of anilines is 1. The molecule has 0 saturated heterocycles. The number of aromatic nitrogens is 1. The molecule has 84 valence electrons. The van der Waals surface area contributed by atoms with Crippen LogP contribution in [0.25, 0.3) is 0 Å². The van der Waals surface area contributed by atoms with Gasteiger partial charge in [-0.3, -0.25) is 5.32 Å². The maximum atomic E-state index is 11.0. The standard InChI is InChI=1S/C9H13ClN2O2S/c1-9(2,3)6-4-15-7(11-6)12-8(13)14-5-10/h4H,5H2,1-3H3,(H,11,12,13). The third-order valence-corrected chi connectivity index (χ3v) is 2.53. The minimum Gasteiger partial charge on any atom is -0.433 e. The van der Waals surface area contributed by atoms with E-state index in [4.69, 9.17) is 11.6 Å². The number of ether oxygens (including phenoxy) is 1. The monoisotopic (exact) mass is 248 g/mol. The highest BCUT2D eigenvalue weighted by Gasteiger charge is 2.18. The van der Waals surface area contributed by atoms with Gasteiger partial charge in [0.25, 0.3) is 0 Å². The highest BCUT2D eigenvalue weighted by molar-refractivity contribution is 7.13. The highest BCUT2D eigenvalue weighted by atomic mass is 35.5. The van der Waals surface area contributed by atoms with Crippen molar-refractivity contribution in [1.82, 2.24) is 4.98 Å². The van der Waals surface area contributed by atoms with Crippen LogP contribution in [0.3, 0.4) is 0 Å². The number of carbonyl (C=O) groups is 1. The lowest BCUT2D eigenvalue weighted by Crippen LogP contribution is -2.14. The number of halogens is 1. The van der Waals surface area contributed by atoms with Gasteiger partial charge in [0.2, 0.25) is 0 Å². The van der Waals surface area contributed by atoms with Gasteiger partial charge in [-0.2, -0.15) is 0 Å². The summed E-state index contributed by atoms with van der Waals surface area (Å²) in [6.07, 6.45) is -0.584. The Bertz CT molecular complexity index is 346. The number of rotatable bonds is 2.